The van der Waals surface area contributed by atoms with Gasteiger partial charge in [-0.05, 0) is 50.2 Å². The summed E-state index contributed by atoms with van der Waals surface area (Å²) in [5, 5.41) is 0. The van der Waals surface area contributed by atoms with Crippen molar-refractivity contribution in [1.82, 2.24) is 0 Å². The van der Waals surface area contributed by atoms with Gasteiger partial charge in [0.2, 0.25) is 0 Å². The Morgan fingerprint density at radius 3 is 2.83 bits per heavy atom. The molecule has 0 aromatic rings. The molecule has 0 radical (unpaired) electrons. The van der Waals surface area contributed by atoms with Crippen LogP contribution >= 0.6 is 0 Å². The summed E-state index contributed by atoms with van der Waals surface area (Å²) in [5.74, 6) is 0.337. The number of ether oxygens (including phenoxy) is 2. The molecule has 0 fully saturated rings. The van der Waals surface area contributed by atoms with Crippen molar-refractivity contribution in [2.24, 2.45) is 5.41 Å². The average Bonchev–Trinajstić information content (AvgIpc) is 2.45. The van der Waals surface area contributed by atoms with E-state index in [1.165, 1.54) is 36.5 Å². The Hall–Kier alpha value is -1.77. The number of cyclic esters (lactones) is 1. The van der Waals surface area contributed by atoms with E-state index in [0.29, 0.717) is 12.2 Å². The monoisotopic (exact) mass is 316 g/mol. The highest BCUT2D eigenvalue weighted by Crippen LogP contribution is 2.40. The van der Waals surface area contributed by atoms with Crippen LogP contribution in [0.4, 0.5) is 0 Å². The lowest BCUT2D eigenvalue weighted by molar-refractivity contribution is -0.142. The van der Waals surface area contributed by atoms with Crippen LogP contribution in [0.15, 0.2) is 46.8 Å². The average molecular weight is 316 g/mol. The third kappa shape index (κ3) is 4.60. The summed E-state index contributed by atoms with van der Waals surface area (Å²) >= 11 is 0. The molecule has 1 atom stereocenters. The van der Waals surface area contributed by atoms with Gasteiger partial charge in [-0.15, -0.1) is 0 Å². The van der Waals surface area contributed by atoms with E-state index in [1.54, 1.807) is 7.11 Å². The Bertz CT molecular complexity index is 588. The zero-order valence-electron chi connectivity index (χ0n) is 14.9. The lowest BCUT2D eigenvalue weighted by Gasteiger charge is -2.33. The molecule has 0 aromatic heterocycles. The van der Waals surface area contributed by atoms with Crippen LogP contribution < -0.4 is 0 Å². The minimum atomic E-state index is -0.335. The minimum Gasteiger partial charge on any atom is -0.501 e. The summed E-state index contributed by atoms with van der Waals surface area (Å²) in [6.45, 7) is 8.90. The molecule has 1 unspecified atom stereocenters. The third-order valence-corrected chi connectivity index (χ3v) is 4.72. The largest absolute Gasteiger partial charge is 0.501 e. The van der Waals surface area contributed by atoms with Crippen molar-refractivity contribution in [2.45, 2.75) is 59.5 Å². The molecule has 1 heterocycles. The molecule has 0 N–H and O–H groups in total. The molecule has 0 aromatic carbocycles. The number of esters is 1. The van der Waals surface area contributed by atoms with Crippen molar-refractivity contribution in [3.63, 3.8) is 0 Å². The molecule has 1 aliphatic carbocycles. The van der Waals surface area contributed by atoms with Gasteiger partial charge in [0.15, 0.2) is 0 Å². The van der Waals surface area contributed by atoms with Crippen molar-refractivity contribution in [2.75, 3.05) is 7.11 Å². The van der Waals surface area contributed by atoms with E-state index in [4.69, 9.17) is 9.47 Å². The molecule has 2 aliphatic rings. The topological polar surface area (TPSA) is 35.5 Å². The second kappa shape index (κ2) is 7.20. The van der Waals surface area contributed by atoms with Gasteiger partial charge in [0.05, 0.1) is 13.2 Å². The molecule has 0 amide bonds. The Kier molecular flexibility index (Phi) is 5.51. The zero-order chi connectivity index (χ0) is 17.0. The molecule has 3 nitrogen and oxygen atoms in total. The van der Waals surface area contributed by atoms with Gasteiger partial charge in [0, 0.05) is 6.42 Å². The van der Waals surface area contributed by atoms with Gasteiger partial charge in [-0.1, -0.05) is 37.1 Å². The van der Waals surface area contributed by atoms with E-state index < -0.39 is 0 Å². The van der Waals surface area contributed by atoms with E-state index in [0.717, 1.165) is 5.57 Å². The maximum Gasteiger partial charge on any atom is 0.334 e. The van der Waals surface area contributed by atoms with Crippen LogP contribution in [0, 0.1) is 5.41 Å². The highest BCUT2D eigenvalue weighted by molar-refractivity contribution is 5.83. The summed E-state index contributed by atoms with van der Waals surface area (Å²) < 4.78 is 10.5. The Balaban J connectivity index is 2.11. The Labute approximate surface area is 139 Å². The quantitative estimate of drug-likeness (QED) is 0.549. The number of carbonyl (C=O) groups is 1. The molecule has 2 rings (SSSR count). The van der Waals surface area contributed by atoms with Gasteiger partial charge in [-0.2, -0.15) is 0 Å². The number of rotatable bonds is 4. The summed E-state index contributed by atoms with van der Waals surface area (Å²) in [5.41, 5.74) is 4.26. The van der Waals surface area contributed by atoms with Crippen molar-refractivity contribution < 1.29 is 14.3 Å². The normalized spacial score (nSPS) is 25.4. The molecule has 0 saturated carbocycles. The summed E-state index contributed by atoms with van der Waals surface area (Å²) in [6, 6.07) is 0. The van der Waals surface area contributed by atoms with Gasteiger partial charge >= 0.3 is 5.97 Å². The lowest BCUT2D eigenvalue weighted by Crippen LogP contribution is -2.21. The summed E-state index contributed by atoms with van der Waals surface area (Å²) in [4.78, 5) is 11.5. The zero-order valence-corrected chi connectivity index (χ0v) is 14.9. The van der Waals surface area contributed by atoms with Crippen molar-refractivity contribution in [3.8, 4) is 0 Å². The molecule has 0 bridgehead atoms. The van der Waals surface area contributed by atoms with E-state index in [1.807, 2.05) is 13.0 Å². The number of methoxy groups -OCH3 is 1. The number of hydrogen-bond acceptors (Lipinski definition) is 3. The molecular formula is C20H28O3. The van der Waals surface area contributed by atoms with E-state index in [-0.39, 0.29) is 17.5 Å². The molecule has 23 heavy (non-hydrogen) atoms. The summed E-state index contributed by atoms with van der Waals surface area (Å²) in [6.07, 6.45) is 11.8. The minimum absolute atomic E-state index is 0.238. The highest BCUT2D eigenvalue weighted by Gasteiger charge is 2.26. The van der Waals surface area contributed by atoms with Gasteiger partial charge in [-0.25, -0.2) is 4.79 Å². The predicted octanol–water partition coefficient (Wildman–Crippen LogP) is 4.86. The standard InChI is InChI=1S/C20H28O3/c1-14(11-17-12-16(22-5)13-19(21)23-17)8-9-18-15(2)7-6-10-20(18,3)4/h8-9,11,13,17H,6-7,10,12H2,1-5H3/b9-8+,14-11+. The van der Waals surface area contributed by atoms with Crippen molar-refractivity contribution >= 4 is 5.97 Å². The molecular weight excluding hydrogens is 288 g/mol. The van der Waals surface area contributed by atoms with Gasteiger partial charge < -0.3 is 9.47 Å². The Morgan fingerprint density at radius 2 is 2.17 bits per heavy atom. The second-order valence-electron chi connectivity index (χ2n) is 7.17. The SMILES string of the molecule is COC1=CC(=O)OC(/C=C(C)/C=C/C2=C(C)CCCC2(C)C)C1. The molecule has 126 valence electrons. The van der Waals surface area contributed by atoms with Gasteiger partial charge in [0.25, 0.3) is 0 Å². The maximum absolute atomic E-state index is 11.5. The van der Waals surface area contributed by atoms with Crippen LogP contribution in [0.25, 0.3) is 0 Å². The molecule has 1 aliphatic heterocycles. The fraction of sp³-hybridized carbons (Fsp3) is 0.550. The maximum atomic E-state index is 11.5. The van der Waals surface area contributed by atoms with Crippen molar-refractivity contribution in [3.05, 3.63) is 46.8 Å². The third-order valence-electron chi connectivity index (χ3n) is 4.72. The second-order valence-corrected chi connectivity index (χ2v) is 7.17. The van der Waals surface area contributed by atoms with Crippen LogP contribution in [-0.2, 0) is 14.3 Å². The van der Waals surface area contributed by atoms with Crippen LogP contribution in [0.1, 0.15) is 53.4 Å². The fourth-order valence-corrected chi connectivity index (χ4v) is 3.42. The fourth-order valence-electron chi connectivity index (χ4n) is 3.42. The molecule has 3 heteroatoms. The summed E-state index contributed by atoms with van der Waals surface area (Å²) in [7, 11) is 1.58. The highest BCUT2D eigenvalue weighted by atomic mass is 16.5. The van der Waals surface area contributed by atoms with Crippen LogP contribution in [0.5, 0.6) is 0 Å². The van der Waals surface area contributed by atoms with Crippen molar-refractivity contribution in [1.29, 1.82) is 0 Å². The first-order valence-electron chi connectivity index (χ1n) is 8.34. The van der Waals surface area contributed by atoms with Gasteiger partial charge in [-0.3, -0.25) is 0 Å². The van der Waals surface area contributed by atoms with Crippen LogP contribution in [0.2, 0.25) is 0 Å². The predicted molar refractivity (Wildman–Crippen MR) is 92.8 cm³/mol. The van der Waals surface area contributed by atoms with Crippen LogP contribution in [-0.4, -0.2) is 19.2 Å². The first-order valence-corrected chi connectivity index (χ1v) is 8.34. The molecule has 0 saturated heterocycles. The van der Waals surface area contributed by atoms with E-state index in [2.05, 4.69) is 32.9 Å². The van der Waals surface area contributed by atoms with Crippen LogP contribution in [0.3, 0.4) is 0 Å². The first kappa shape index (κ1) is 17.6. The number of allylic oxidation sites excluding steroid dienone is 5. The van der Waals surface area contributed by atoms with E-state index >= 15 is 0 Å². The Morgan fingerprint density at radius 1 is 1.43 bits per heavy atom. The first-order chi connectivity index (χ1) is 10.8. The number of hydrogen-bond donors (Lipinski definition) is 0. The van der Waals surface area contributed by atoms with Gasteiger partial charge in [0.1, 0.15) is 11.9 Å². The smallest absolute Gasteiger partial charge is 0.334 e. The molecule has 0 spiro atoms. The lowest BCUT2D eigenvalue weighted by atomic mass is 9.72. The van der Waals surface area contributed by atoms with E-state index in [9.17, 15) is 4.79 Å². The number of carbonyl (C=O) groups excluding carboxylic acids is 1.